The van der Waals surface area contributed by atoms with E-state index in [1.165, 1.54) is 12.3 Å². The second-order valence-electron chi connectivity index (χ2n) is 3.02. The first-order chi connectivity index (χ1) is 7.74. The third-order valence-corrected chi connectivity index (χ3v) is 1.99. The minimum Gasteiger partial charge on any atom is -0.382 e. The van der Waals surface area contributed by atoms with Crippen LogP contribution in [0.25, 0.3) is 0 Å². The maximum absolute atomic E-state index is 13.2. The Morgan fingerprint density at radius 3 is 2.94 bits per heavy atom. The Labute approximate surface area is 98.7 Å². The summed E-state index contributed by atoms with van der Waals surface area (Å²) in [7, 11) is 1.61. The Kier molecular flexibility index (Phi) is 6.07. The fourth-order valence-electron chi connectivity index (χ4n) is 1.03. The normalized spacial score (nSPS) is 10.4. The van der Waals surface area contributed by atoms with Crippen LogP contribution < -0.4 is 5.32 Å². The van der Waals surface area contributed by atoms with Crippen LogP contribution in [0, 0.1) is 5.82 Å². The predicted octanol–water partition coefficient (Wildman–Crippen LogP) is 1.95. The van der Waals surface area contributed by atoms with E-state index in [-0.39, 0.29) is 10.8 Å². The minimum absolute atomic E-state index is 0.180. The van der Waals surface area contributed by atoms with Gasteiger partial charge in [-0.15, -0.1) is 0 Å². The number of nitrogens with zero attached hydrogens (tertiary/aromatic N) is 1. The molecular weight excluding hydrogens is 235 g/mol. The standard InChI is InChI=1S/C10H14ClFN2O2/c1-15-4-5-16-3-2-13-10-9(12)6-8(11)7-14-10/h6-7H,2-5H2,1H3,(H,13,14). The molecule has 0 spiro atoms. The summed E-state index contributed by atoms with van der Waals surface area (Å²) in [6.07, 6.45) is 1.39. The van der Waals surface area contributed by atoms with Crippen LogP contribution in [-0.2, 0) is 9.47 Å². The highest BCUT2D eigenvalue weighted by Gasteiger charge is 2.03. The number of methoxy groups -OCH3 is 1. The summed E-state index contributed by atoms with van der Waals surface area (Å²) in [6, 6.07) is 1.21. The van der Waals surface area contributed by atoms with Crippen LogP contribution in [0.1, 0.15) is 0 Å². The van der Waals surface area contributed by atoms with E-state index >= 15 is 0 Å². The molecule has 0 bridgehead atoms. The van der Waals surface area contributed by atoms with Gasteiger partial charge in [0, 0.05) is 19.9 Å². The second kappa shape index (κ2) is 7.38. The zero-order valence-electron chi connectivity index (χ0n) is 9.00. The number of ether oxygens (including phenoxy) is 2. The van der Waals surface area contributed by atoms with Crippen LogP contribution in [0.15, 0.2) is 12.3 Å². The van der Waals surface area contributed by atoms with E-state index in [0.717, 1.165) is 0 Å². The maximum Gasteiger partial charge on any atom is 0.166 e. The summed E-state index contributed by atoms with van der Waals surface area (Å²) in [4.78, 5) is 3.81. The van der Waals surface area contributed by atoms with Crippen molar-refractivity contribution >= 4 is 17.4 Å². The molecule has 0 aromatic carbocycles. The van der Waals surface area contributed by atoms with E-state index < -0.39 is 5.82 Å². The van der Waals surface area contributed by atoms with Gasteiger partial charge in [-0.25, -0.2) is 9.37 Å². The largest absolute Gasteiger partial charge is 0.382 e. The average Bonchev–Trinajstić information content (AvgIpc) is 2.26. The second-order valence-corrected chi connectivity index (χ2v) is 3.45. The van der Waals surface area contributed by atoms with Gasteiger partial charge in [0.25, 0.3) is 0 Å². The quantitative estimate of drug-likeness (QED) is 0.749. The van der Waals surface area contributed by atoms with Gasteiger partial charge in [0.05, 0.1) is 24.8 Å². The Morgan fingerprint density at radius 1 is 1.44 bits per heavy atom. The molecule has 4 nitrogen and oxygen atoms in total. The zero-order valence-corrected chi connectivity index (χ0v) is 9.76. The summed E-state index contributed by atoms with van der Waals surface area (Å²) in [6.45, 7) is 2.02. The van der Waals surface area contributed by atoms with Crippen LogP contribution in [0.3, 0.4) is 0 Å². The van der Waals surface area contributed by atoms with Crippen molar-refractivity contribution in [1.29, 1.82) is 0 Å². The number of pyridine rings is 1. The van der Waals surface area contributed by atoms with Gasteiger partial charge >= 0.3 is 0 Å². The first-order valence-electron chi connectivity index (χ1n) is 4.85. The molecule has 6 heteroatoms. The molecule has 1 N–H and O–H groups in total. The van der Waals surface area contributed by atoms with Crippen molar-refractivity contribution < 1.29 is 13.9 Å². The third kappa shape index (κ3) is 4.74. The lowest BCUT2D eigenvalue weighted by Gasteiger charge is -2.07. The van der Waals surface area contributed by atoms with Gasteiger partial charge in [-0.3, -0.25) is 0 Å². The predicted molar refractivity (Wildman–Crippen MR) is 60.4 cm³/mol. The minimum atomic E-state index is -0.468. The average molecular weight is 249 g/mol. The van der Waals surface area contributed by atoms with E-state index in [9.17, 15) is 4.39 Å². The SMILES string of the molecule is COCCOCCNc1ncc(Cl)cc1F. The molecule has 0 atom stereocenters. The molecule has 0 saturated heterocycles. The van der Waals surface area contributed by atoms with Gasteiger partial charge in [-0.1, -0.05) is 11.6 Å². The Morgan fingerprint density at radius 2 is 2.25 bits per heavy atom. The number of halogens is 2. The molecule has 0 unspecified atom stereocenters. The number of rotatable bonds is 7. The summed E-state index contributed by atoms with van der Waals surface area (Å²) >= 11 is 5.57. The topological polar surface area (TPSA) is 43.4 Å². The highest BCUT2D eigenvalue weighted by molar-refractivity contribution is 6.30. The third-order valence-electron chi connectivity index (χ3n) is 1.78. The lowest BCUT2D eigenvalue weighted by atomic mass is 10.4. The molecule has 0 aliphatic heterocycles. The van der Waals surface area contributed by atoms with Gasteiger partial charge < -0.3 is 14.8 Å². The van der Waals surface area contributed by atoms with Crippen LogP contribution in [-0.4, -0.2) is 38.5 Å². The number of hydrogen-bond acceptors (Lipinski definition) is 4. The first kappa shape index (κ1) is 13.2. The summed E-state index contributed by atoms with van der Waals surface area (Å²) < 4.78 is 23.2. The van der Waals surface area contributed by atoms with Crippen molar-refractivity contribution in [2.75, 3.05) is 38.8 Å². The lowest BCUT2D eigenvalue weighted by Crippen LogP contribution is -2.13. The van der Waals surface area contributed by atoms with Crippen molar-refractivity contribution in [2.24, 2.45) is 0 Å². The smallest absolute Gasteiger partial charge is 0.166 e. The molecular formula is C10H14ClFN2O2. The van der Waals surface area contributed by atoms with E-state index in [1.54, 1.807) is 7.11 Å². The summed E-state index contributed by atoms with van der Waals surface area (Å²) in [5, 5.41) is 3.08. The van der Waals surface area contributed by atoms with Gasteiger partial charge in [0.2, 0.25) is 0 Å². The number of hydrogen-bond donors (Lipinski definition) is 1. The first-order valence-corrected chi connectivity index (χ1v) is 5.23. The van der Waals surface area contributed by atoms with Crippen LogP contribution >= 0.6 is 11.6 Å². The van der Waals surface area contributed by atoms with E-state index in [4.69, 9.17) is 21.1 Å². The number of anilines is 1. The van der Waals surface area contributed by atoms with E-state index in [1.807, 2.05) is 0 Å². The molecule has 0 aliphatic rings. The lowest BCUT2D eigenvalue weighted by molar-refractivity contribution is 0.0759. The van der Waals surface area contributed by atoms with Gasteiger partial charge in [-0.2, -0.15) is 0 Å². The van der Waals surface area contributed by atoms with Gasteiger partial charge in [0.1, 0.15) is 0 Å². The molecule has 0 aliphatic carbocycles. The monoisotopic (exact) mass is 248 g/mol. The van der Waals surface area contributed by atoms with Crippen molar-refractivity contribution in [3.63, 3.8) is 0 Å². The van der Waals surface area contributed by atoms with Gasteiger partial charge in [0.15, 0.2) is 11.6 Å². The molecule has 1 rings (SSSR count). The Hall–Kier alpha value is -0.910. The molecule has 0 fully saturated rings. The van der Waals surface area contributed by atoms with Crippen LogP contribution in [0.5, 0.6) is 0 Å². The number of nitrogens with one attached hydrogen (secondary N) is 1. The maximum atomic E-state index is 13.2. The Bertz CT molecular complexity index is 326. The molecule has 1 aromatic heterocycles. The van der Waals surface area contributed by atoms with Crippen molar-refractivity contribution in [1.82, 2.24) is 4.98 Å². The fourth-order valence-corrected chi connectivity index (χ4v) is 1.18. The van der Waals surface area contributed by atoms with E-state index in [0.29, 0.717) is 26.4 Å². The number of aromatic nitrogens is 1. The van der Waals surface area contributed by atoms with Crippen molar-refractivity contribution in [3.8, 4) is 0 Å². The van der Waals surface area contributed by atoms with Crippen LogP contribution in [0.4, 0.5) is 10.2 Å². The van der Waals surface area contributed by atoms with E-state index in [2.05, 4.69) is 10.3 Å². The van der Waals surface area contributed by atoms with Gasteiger partial charge in [-0.05, 0) is 6.07 Å². The molecule has 1 aromatic rings. The molecule has 0 radical (unpaired) electrons. The fraction of sp³-hybridized carbons (Fsp3) is 0.500. The summed E-state index contributed by atoms with van der Waals surface area (Å²) in [5.41, 5.74) is 0. The molecule has 0 saturated carbocycles. The highest BCUT2D eigenvalue weighted by atomic mass is 35.5. The molecule has 16 heavy (non-hydrogen) atoms. The highest BCUT2D eigenvalue weighted by Crippen LogP contribution is 2.14. The van der Waals surface area contributed by atoms with Crippen molar-refractivity contribution in [3.05, 3.63) is 23.1 Å². The molecule has 0 amide bonds. The van der Waals surface area contributed by atoms with Crippen molar-refractivity contribution in [2.45, 2.75) is 0 Å². The van der Waals surface area contributed by atoms with Crippen LogP contribution in [0.2, 0.25) is 5.02 Å². The summed E-state index contributed by atoms with van der Waals surface area (Å²) in [5.74, 6) is -0.288. The zero-order chi connectivity index (χ0) is 11.8. The Balaban J connectivity index is 2.21. The molecule has 1 heterocycles. The molecule has 90 valence electrons.